The maximum absolute atomic E-state index is 3.81. The van der Waals surface area contributed by atoms with E-state index in [4.69, 9.17) is 0 Å². The number of aryl methyl sites for hydroxylation is 1. The normalized spacial score (nSPS) is 18.6. The lowest BCUT2D eigenvalue weighted by Crippen LogP contribution is -2.30. The van der Waals surface area contributed by atoms with Gasteiger partial charge in [-0.3, -0.25) is 4.90 Å². The molecular weight excluding hydrogens is 389 g/mol. The number of nitrogens with one attached hydrogen (secondary N) is 1. The Hall–Kier alpha value is -0.740. The number of nitrogens with zero attached hydrogens (tertiary/aromatic N) is 2. The van der Waals surface area contributed by atoms with Crippen molar-refractivity contribution in [3.05, 3.63) is 35.5 Å². The molecule has 0 atom stereocenters. The third kappa shape index (κ3) is 5.44. The van der Waals surface area contributed by atoms with Gasteiger partial charge in [-0.15, -0.1) is 24.8 Å². The van der Waals surface area contributed by atoms with Crippen LogP contribution in [0.5, 0.6) is 0 Å². The van der Waals surface area contributed by atoms with Crippen LogP contribution in [-0.2, 0) is 20.1 Å². The van der Waals surface area contributed by atoms with Crippen LogP contribution in [0.2, 0.25) is 0 Å². The van der Waals surface area contributed by atoms with Crippen LogP contribution in [0.4, 0.5) is 0 Å². The van der Waals surface area contributed by atoms with Crippen molar-refractivity contribution < 1.29 is 0 Å². The van der Waals surface area contributed by atoms with Crippen molar-refractivity contribution in [2.24, 2.45) is 13.0 Å². The van der Waals surface area contributed by atoms with Gasteiger partial charge in [0.15, 0.2) is 0 Å². The van der Waals surface area contributed by atoms with E-state index in [-0.39, 0.29) is 24.8 Å². The van der Waals surface area contributed by atoms with Crippen LogP contribution in [0.3, 0.4) is 0 Å². The Labute approximate surface area is 183 Å². The molecule has 158 valence electrons. The summed E-state index contributed by atoms with van der Waals surface area (Å²) >= 11 is 0. The quantitative estimate of drug-likeness (QED) is 0.642. The van der Waals surface area contributed by atoms with E-state index in [1.54, 1.807) is 5.56 Å². The molecule has 1 aromatic carbocycles. The molecule has 0 radical (unpaired) electrons. The lowest BCUT2D eigenvalue weighted by molar-refractivity contribution is 0.220. The van der Waals surface area contributed by atoms with E-state index in [1.165, 1.54) is 87.6 Å². The summed E-state index contributed by atoms with van der Waals surface area (Å²) in [5.74, 6) is 0.893. The number of likely N-dealkylation sites (tertiary alicyclic amines) is 1. The first-order valence-corrected chi connectivity index (χ1v) is 10.8. The number of fused-ring (bicyclic) bond motifs is 1. The van der Waals surface area contributed by atoms with E-state index in [2.05, 4.69) is 46.1 Å². The first kappa shape index (κ1) is 23.5. The fourth-order valence-corrected chi connectivity index (χ4v) is 5.05. The van der Waals surface area contributed by atoms with Crippen LogP contribution in [0, 0.1) is 5.92 Å². The molecule has 2 heterocycles. The molecule has 1 N–H and O–H groups in total. The van der Waals surface area contributed by atoms with Gasteiger partial charge in [-0.05, 0) is 62.9 Å². The number of hydrogen-bond donors (Lipinski definition) is 1. The summed E-state index contributed by atoms with van der Waals surface area (Å²) in [7, 11) is 2.25. The van der Waals surface area contributed by atoms with Crippen LogP contribution in [-0.4, -0.2) is 29.1 Å². The predicted molar refractivity (Wildman–Crippen MR) is 125 cm³/mol. The number of halogens is 2. The summed E-state index contributed by atoms with van der Waals surface area (Å²) in [6, 6.07) is 8.96. The first-order valence-electron chi connectivity index (χ1n) is 10.8. The second-order valence-corrected chi connectivity index (χ2v) is 8.47. The third-order valence-electron chi connectivity index (χ3n) is 6.62. The van der Waals surface area contributed by atoms with E-state index in [0.717, 1.165) is 19.0 Å². The average molecular weight is 426 g/mol. The zero-order valence-corrected chi connectivity index (χ0v) is 18.9. The zero-order chi connectivity index (χ0) is 17.8. The van der Waals surface area contributed by atoms with Crippen molar-refractivity contribution in [3.63, 3.8) is 0 Å². The molecular formula is C23H37Cl2N3. The molecule has 0 amide bonds. The number of rotatable bonds is 6. The lowest BCUT2D eigenvalue weighted by Gasteiger charge is -2.27. The zero-order valence-electron chi connectivity index (χ0n) is 17.3. The van der Waals surface area contributed by atoms with Gasteiger partial charge in [0.25, 0.3) is 0 Å². The fourth-order valence-electron chi connectivity index (χ4n) is 5.05. The van der Waals surface area contributed by atoms with Crippen LogP contribution in [0.1, 0.15) is 62.6 Å². The maximum atomic E-state index is 3.81. The van der Waals surface area contributed by atoms with Crippen LogP contribution < -0.4 is 5.32 Å². The maximum Gasteiger partial charge on any atom is 0.0483 e. The summed E-state index contributed by atoms with van der Waals surface area (Å²) in [6.07, 6.45) is 11.3. The highest BCUT2D eigenvalue weighted by atomic mass is 35.5. The predicted octanol–water partition coefficient (Wildman–Crippen LogP) is 5.68. The van der Waals surface area contributed by atoms with Crippen LogP contribution >= 0.6 is 24.8 Å². The second-order valence-electron chi connectivity index (χ2n) is 8.47. The smallest absolute Gasteiger partial charge is 0.0483 e. The Balaban J connectivity index is 0.00000140. The molecule has 0 spiro atoms. The summed E-state index contributed by atoms with van der Waals surface area (Å²) in [5, 5.41) is 5.27. The highest BCUT2D eigenvalue weighted by Crippen LogP contribution is 2.28. The van der Waals surface area contributed by atoms with Crippen LogP contribution in [0.25, 0.3) is 10.9 Å². The minimum atomic E-state index is 0. The Morgan fingerprint density at radius 2 is 1.61 bits per heavy atom. The van der Waals surface area contributed by atoms with Crippen molar-refractivity contribution in [1.82, 2.24) is 14.8 Å². The van der Waals surface area contributed by atoms with E-state index in [0.29, 0.717) is 0 Å². The van der Waals surface area contributed by atoms with E-state index < -0.39 is 0 Å². The lowest BCUT2D eigenvalue weighted by atomic mass is 9.89. The second kappa shape index (κ2) is 11.4. The summed E-state index contributed by atoms with van der Waals surface area (Å²) in [4.78, 5) is 2.66. The molecule has 2 aliphatic rings. The highest BCUT2D eigenvalue weighted by molar-refractivity contribution is 5.86. The van der Waals surface area contributed by atoms with Crippen molar-refractivity contribution >= 4 is 35.7 Å². The largest absolute Gasteiger partial charge is 0.346 e. The number of para-hydroxylation sites is 1. The van der Waals surface area contributed by atoms with Crippen molar-refractivity contribution in [2.45, 2.75) is 64.5 Å². The standard InChI is InChI=1S/C23H35N3.2ClH/c1-25-22-13-7-6-12-20(22)21(18-26-14-8-3-9-15-26)23(25)17-24-16-19-10-4-2-5-11-19;;/h6-7,12-13,19,24H,2-5,8-11,14-18H2,1H3;2*1H. The highest BCUT2D eigenvalue weighted by Gasteiger charge is 2.19. The van der Waals surface area contributed by atoms with Gasteiger partial charge >= 0.3 is 0 Å². The monoisotopic (exact) mass is 425 g/mol. The summed E-state index contributed by atoms with van der Waals surface area (Å²) in [5.41, 5.74) is 4.43. The molecule has 0 unspecified atom stereocenters. The Morgan fingerprint density at radius 3 is 2.36 bits per heavy atom. The van der Waals surface area contributed by atoms with E-state index >= 15 is 0 Å². The topological polar surface area (TPSA) is 20.2 Å². The van der Waals surface area contributed by atoms with Crippen molar-refractivity contribution in [1.29, 1.82) is 0 Å². The minimum Gasteiger partial charge on any atom is -0.346 e. The molecule has 2 aromatic rings. The Bertz CT molecular complexity index is 716. The first-order chi connectivity index (χ1) is 12.8. The molecule has 1 aromatic heterocycles. The Kier molecular flexibility index (Phi) is 9.62. The van der Waals surface area contributed by atoms with Gasteiger partial charge in [0.05, 0.1) is 0 Å². The molecule has 28 heavy (non-hydrogen) atoms. The number of hydrogen-bond acceptors (Lipinski definition) is 2. The van der Waals surface area contributed by atoms with Gasteiger partial charge in [0.1, 0.15) is 0 Å². The molecule has 4 rings (SSSR count). The molecule has 1 saturated heterocycles. The summed E-state index contributed by atoms with van der Waals surface area (Å²) < 4.78 is 2.43. The van der Waals surface area contributed by atoms with Crippen LogP contribution in [0.15, 0.2) is 24.3 Å². The molecule has 1 saturated carbocycles. The van der Waals surface area contributed by atoms with Gasteiger partial charge in [-0.1, -0.05) is 43.9 Å². The molecule has 1 aliphatic heterocycles. The van der Waals surface area contributed by atoms with E-state index in [9.17, 15) is 0 Å². The van der Waals surface area contributed by atoms with Gasteiger partial charge in [0.2, 0.25) is 0 Å². The van der Waals surface area contributed by atoms with Crippen molar-refractivity contribution in [3.8, 4) is 0 Å². The molecule has 5 heteroatoms. The number of benzene rings is 1. The molecule has 0 bridgehead atoms. The van der Waals surface area contributed by atoms with Crippen molar-refractivity contribution in [2.75, 3.05) is 19.6 Å². The molecule has 2 fully saturated rings. The minimum absolute atomic E-state index is 0. The van der Waals surface area contributed by atoms with E-state index in [1.807, 2.05) is 0 Å². The number of piperidine rings is 1. The van der Waals surface area contributed by atoms with Gasteiger partial charge in [-0.25, -0.2) is 0 Å². The Morgan fingerprint density at radius 1 is 0.929 bits per heavy atom. The SMILES string of the molecule is Cl.Cl.Cn1c(CNCC2CCCCC2)c(CN2CCCCC2)c2ccccc21. The summed E-state index contributed by atoms with van der Waals surface area (Å²) in [6.45, 7) is 5.83. The third-order valence-corrected chi connectivity index (χ3v) is 6.62. The molecule has 1 aliphatic carbocycles. The average Bonchev–Trinajstić information content (AvgIpc) is 2.96. The van der Waals surface area contributed by atoms with Gasteiger partial charge < -0.3 is 9.88 Å². The van der Waals surface area contributed by atoms with Gasteiger partial charge in [0, 0.05) is 36.7 Å². The van der Waals surface area contributed by atoms with Gasteiger partial charge in [-0.2, -0.15) is 0 Å². The molecule has 3 nitrogen and oxygen atoms in total. The fraction of sp³-hybridized carbons (Fsp3) is 0.652. The number of aromatic nitrogens is 1.